The zero-order valence-electron chi connectivity index (χ0n) is 12.2. The Morgan fingerprint density at radius 1 is 1.00 bits per heavy atom. The van der Waals surface area contributed by atoms with Crippen molar-refractivity contribution in [1.82, 2.24) is 0 Å². The fraction of sp³-hybridized carbons (Fsp3) is 0.647. The predicted octanol–water partition coefficient (Wildman–Crippen LogP) is 6.38. The van der Waals surface area contributed by atoms with Crippen molar-refractivity contribution >= 4 is 31.9 Å². The first-order valence-electron chi connectivity index (χ1n) is 7.37. The number of rotatable bonds is 9. The Kier molecular flexibility index (Phi) is 8.32. The minimum atomic E-state index is 0.248. The number of benzene rings is 1. The topological polar surface area (TPSA) is 0 Å². The number of hydrogen-bond donors (Lipinski definition) is 0. The van der Waals surface area contributed by atoms with E-state index in [1.807, 2.05) is 0 Å². The van der Waals surface area contributed by atoms with Gasteiger partial charge < -0.3 is 0 Å². The van der Waals surface area contributed by atoms with Gasteiger partial charge >= 0.3 is 0 Å². The molecule has 0 bridgehead atoms. The van der Waals surface area contributed by atoms with Gasteiger partial charge in [-0.1, -0.05) is 101 Å². The van der Waals surface area contributed by atoms with Gasteiger partial charge in [0.05, 0.1) is 0 Å². The SMILES string of the molecule is CCCCCCCC(CBr)(CBr)c1cccc(C)c1. The second kappa shape index (κ2) is 9.18. The lowest BCUT2D eigenvalue weighted by Gasteiger charge is -2.31. The fourth-order valence-corrected chi connectivity index (χ4v) is 4.65. The molecule has 0 saturated carbocycles. The highest BCUT2D eigenvalue weighted by atomic mass is 79.9. The summed E-state index contributed by atoms with van der Waals surface area (Å²) in [6.07, 6.45) is 8.02. The monoisotopic (exact) mass is 388 g/mol. The Morgan fingerprint density at radius 3 is 2.26 bits per heavy atom. The van der Waals surface area contributed by atoms with E-state index in [2.05, 4.69) is 70.0 Å². The maximum absolute atomic E-state index is 3.75. The molecular formula is C17H26Br2. The van der Waals surface area contributed by atoms with Crippen LogP contribution in [0, 0.1) is 6.92 Å². The van der Waals surface area contributed by atoms with Crippen molar-refractivity contribution in [1.29, 1.82) is 0 Å². The van der Waals surface area contributed by atoms with Gasteiger partial charge in [-0.3, -0.25) is 0 Å². The molecule has 0 fully saturated rings. The summed E-state index contributed by atoms with van der Waals surface area (Å²) in [4.78, 5) is 0. The lowest BCUT2D eigenvalue weighted by molar-refractivity contribution is 0.463. The lowest BCUT2D eigenvalue weighted by atomic mass is 9.79. The molecule has 1 aromatic rings. The van der Waals surface area contributed by atoms with Crippen LogP contribution in [0.5, 0.6) is 0 Å². The molecule has 1 aromatic carbocycles. The molecule has 0 amide bonds. The van der Waals surface area contributed by atoms with Crippen LogP contribution in [0.3, 0.4) is 0 Å². The average Bonchev–Trinajstić information content (AvgIpc) is 2.43. The number of aryl methyl sites for hydroxylation is 1. The average molecular weight is 390 g/mol. The van der Waals surface area contributed by atoms with Crippen molar-refractivity contribution in [3.8, 4) is 0 Å². The molecule has 0 heterocycles. The zero-order chi connectivity index (χ0) is 14.1. The van der Waals surface area contributed by atoms with Crippen molar-refractivity contribution in [2.45, 2.75) is 57.8 Å². The van der Waals surface area contributed by atoms with E-state index >= 15 is 0 Å². The summed E-state index contributed by atoms with van der Waals surface area (Å²) in [5.74, 6) is 0. The molecule has 0 nitrogen and oxygen atoms in total. The first kappa shape index (κ1) is 17.2. The minimum Gasteiger partial charge on any atom is -0.0918 e. The van der Waals surface area contributed by atoms with Crippen LogP contribution in [0.2, 0.25) is 0 Å². The van der Waals surface area contributed by atoms with E-state index in [4.69, 9.17) is 0 Å². The third-order valence-corrected chi connectivity index (χ3v) is 6.05. The molecule has 0 spiro atoms. The van der Waals surface area contributed by atoms with Gasteiger partial charge in [-0.2, -0.15) is 0 Å². The lowest BCUT2D eigenvalue weighted by Crippen LogP contribution is -2.30. The summed E-state index contributed by atoms with van der Waals surface area (Å²) in [6.45, 7) is 4.45. The van der Waals surface area contributed by atoms with Crippen molar-refractivity contribution in [2.75, 3.05) is 10.7 Å². The number of hydrogen-bond acceptors (Lipinski definition) is 0. The molecule has 0 saturated heterocycles. The molecule has 19 heavy (non-hydrogen) atoms. The molecule has 0 aliphatic rings. The Balaban J connectivity index is 2.68. The van der Waals surface area contributed by atoms with Crippen LogP contribution in [0.15, 0.2) is 24.3 Å². The molecular weight excluding hydrogens is 364 g/mol. The number of alkyl halides is 2. The van der Waals surface area contributed by atoms with Gasteiger partial charge in [-0.05, 0) is 18.9 Å². The van der Waals surface area contributed by atoms with Gasteiger partial charge in [0.2, 0.25) is 0 Å². The summed E-state index contributed by atoms with van der Waals surface area (Å²) in [5.41, 5.74) is 3.07. The molecule has 0 aliphatic heterocycles. The summed E-state index contributed by atoms with van der Waals surface area (Å²) in [6, 6.07) is 8.98. The third-order valence-electron chi connectivity index (χ3n) is 3.90. The van der Waals surface area contributed by atoms with Gasteiger partial charge in [0.25, 0.3) is 0 Å². The van der Waals surface area contributed by atoms with Crippen LogP contribution in [0.4, 0.5) is 0 Å². The zero-order valence-corrected chi connectivity index (χ0v) is 15.4. The van der Waals surface area contributed by atoms with E-state index < -0.39 is 0 Å². The van der Waals surface area contributed by atoms with E-state index in [-0.39, 0.29) is 5.41 Å². The Hall–Kier alpha value is 0.180. The Bertz CT molecular complexity index is 356. The van der Waals surface area contributed by atoms with E-state index in [0.29, 0.717) is 0 Å². The van der Waals surface area contributed by atoms with Crippen LogP contribution >= 0.6 is 31.9 Å². The molecule has 0 aliphatic carbocycles. The third kappa shape index (κ3) is 5.23. The van der Waals surface area contributed by atoms with Crippen LogP contribution in [-0.2, 0) is 5.41 Å². The first-order chi connectivity index (χ1) is 9.18. The molecule has 0 unspecified atom stereocenters. The van der Waals surface area contributed by atoms with Crippen LogP contribution in [0.1, 0.15) is 56.6 Å². The van der Waals surface area contributed by atoms with Gasteiger partial charge in [0.1, 0.15) is 0 Å². The first-order valence-corrected chi connectivity index (χ1v) is 9.62. The number of halogens is 2. The van der Waals surface area contributed by atoms with Crippen molar-refractivity contribution in [2.24, 2.45) is 0 Å². The van der Waals surface area contributed by atoms with E-state index in [1.165, 1.54) is 49.7 Å². The fourth-order valence-electron chi connectivity index (χ4n) is 2.51. The molecule has 0 aromatic heterocycles. The van der Waals surface area contributed by atoms with Crippen molar-refractivity contribution in [3.05, 3.63) is 35.4 Å². The van der Waals surface area contributed by atoms with Crippen LogP contribution in [-0.4, -0.2) is 10.7 Å². The van der Waals surface area contributed by atoms with Gasteiger partial charge in [-0.15, -0.1) is 0 Å². The number of unbranched alkanes of at least 4 members (excludes halogenated alkanes) is 4. The normalized spacial score (nSPS) is 11.8. The molecule has 0 atom stereocenters. The van der Waals surface area contributed by atoms with Gasteiger partial charge in [0.15, 0.2) is 0 Å². The molecule has 0 N–H and O–H groups in total. The maximum atomic E-state index is 3.75. The van der Waals surface area contributed by atoms with E-state index in [1.54, 1.807) is 0 Å². The molecule has 1 rings (SSSR count). The van der Waals surface area contributed by atoms with Crippen LogP contribution in [0.25, 0.3) is 0 Å². The Morgan fingerprint density at radius 2 is 1.68 bits per heavy atom. The summed E-state index contributed by atoms with van der Waals surface area (Å²) < 4.78 is 0. The smallest absolute Gasteiger partial charge is 0.0147 e. The highest BCUT2D eigenvalue weighted by Gasteiger charge is 2.29. The van der Waals surface area contributed by atoms with E-state index in [9.17, 15) is 0 Å². The highest BCUT2D eigenvalue weighted by Crippen LogP contribution is 2.34. The van der Waals surface area contributed by atoms with Gasteiger partial charge in [-0.25, -0.2) is 0 Å². The largest absolute Gasteiger partial charge is 0.0918 e. The molecule has 0 radical (unpaired) electrons. The van der Waals surface area contributed by atoms with Crippen molar-refractivity contribution in [3.63, 3.8) is 0 Å². The quantitative estimate of drug-likeness (QED) is 0.339. The van der Waals surface area contributed by atoms with E-state index in [0.717, 1.165) is 10.7 Å². The standard InChI is InChI=1S/C17H26Br2/c1-3-4-5-6-7-11-17(13-18,14-19)16-10-8-9-15(2)12-16/h8-10,12H,3-7,11,13-14H2,1-2H3. The summed E-state index contributed by atoms with van der Waals surface area (Å²) in [5, 5.41) is 2.06. The van der Waals surface area contributed by atoms with Crippen molar-refractivity contribution < 1.29 is 0 Å². The molecule has 108 valence electrons. The maximum Gasteiger partial charge on any atom is 0.0147 e. The summed E-state index contributed by atoms with van der Waals surface area (Å²) in [7, 11) is 0. The van der Waals surface area contributed by atoms with Crippen LogP contribution < -0.4 is 0 Å². The molecule has 2 heteroatoms. The predicted molar refractivity (Wildman–Crippen MR) is 93.8 cm³/mol. The Labute approximate surface area is 135 Å². The summed E-state index contributed by atoms with van der Waals surface area (Å²) >= 11 is 7.49. The second-order valence-electron chi connectivity index (χ2n) is 5.58. The second-order valence-corrected chi connectivity index (χ2v) is 6.70. The van der Waals surface area contributed by atoms with Gasteiger partial charge in [0, 0.05) is 16.1 Å². The highest BCUT2D eigenvalue weighted by molar-refractivity contribution is 9.09. The minimum absolute atomic E-state index is 0.248.